The molecule has 0 aromatic rings. The first kappa shape index (κ1) is 14.5. The Hall–Kier alpha value is -0.505. The lowest BCUT2D eigenvalue weighted by Gasteiger charge is -2.25. The molecule has 2 N–H and O–H groups in total. The summed E-state index contributed by atoms with van der Waals surface area (Å²) in [5, 5.41) is 8.47. The molecule has 0 saturated carbocycles. The van der Waals surface area contributed by atoms with Gasteiger partial charge in [-0.15, -0.1) is 0 Å². The number of rotatable bonds is 9. The van der Waals surface area contributed by atoms with Gasteiger partial charge in [-0.2, -0.15) is 0 Å². The monoisotopic (exact) mass is 210 g/mol. The van der Waals surface area contributed by atoms with Gasteiger partial charge < -0.3 is 0 Å². The summed E-state index contributed by atoms with van der Waals surface area (Å²) >= 11 is 0. The van der Waals surface area contributed by atoms with Crippen LogP contribution in [0.15, 0.2) is 4.99 Å². The topological polar surface area (TPSA) is 44.6 Å². The standard InChI is InChI=1S/C11H23BN2O/c1-3-5-7-9-11(12,8-6-4-2)13-10-14-15/h10,15H,3-9H2,1-2H3,(H,13,14). The quantitative estimate of drug-likeness (QED) is 0.202. The molecule has 4 heteroatoms. The molecule has 1 unspecified atom stereocenters. The average Bonchev–Trinajstić information content (AvgIpc) is 2.24. The van der Waals surface area contributed by atoms with E-state index in [2.05, 4.69) is 18.8 Å². The first-order valence-electron chi connectivity index (χ1n) is 5.90. The minimum Gasteiger partial charge on any atom is -0.290 e. The van der Waals surface area contributed by atoms with Crippen LogP contribution >= 0.6 is 0 Å². The Bertz CT molecular complexity index is 176. The van der Waals surface area contributed by atoms with E-state index >= 15 is 0 Å². The Balaban J connectivity index is 4.07. The Morgan fingerprint density at radius 1 is 1.20 bits per heavy atom. The second-order valence-electron chi connectivity index (χ2n) is 4.05. The van der Waals surface area contributed by atoms with Crippen LogP contribution in [0.4, 0.5) is 0 Å². The Morgan fingerprint density at radius 2 is 1.80 bits per heavy atom. The molecular weight excluding hydrogens is 187 g/mol. The number of hydrogen-bond donors (Lipinski definition) is 2. The average molecular weight is 210 g/mol. The summed E-state index contributed by atoms with van der Waals surface area (Å²) in [7, 11) is 6.16. The number of hydroxylamine groups is 1. The molecule has 0 amide bonds. The minimum absolute atomic E-state index is 0.499. The number of nitrogens with zero attached hydrogens (tertiary/aromatic N) is 1. The molecule has 0 heterocycles. The molecule has 0 aliphatic heterocycles. The highest BCUT2D eigenvalue weighted by molar-refractivity contribution is 6.15. The van der Waals surface area contributed by atoms with Crippen LogP contribution in [0.1, 0.15) is 58.8 Å². The van der Waals surface area contributed by atoms with Gasteiger partial charge in [0, 0.05) is 5.44 Å². The van der Waals surface area contributed by atoms with Crippen molar-refractivity contribution >= 4 is 14.2 Å². The van der Waals surface area contributed by atoms with Crippen LogP contribution in [0.5, 0.6) is 0 Å². The van der Waals surface area contributed by atoms with E-state index in [0.717, 1.165) is 32.1 Å². The molecule has 3 nitrogen and oxygen atoms in total. The zero-order valence-corrected chi connectivity index (χ0v) is 10.00. The molecule has 0 rings (SSSR count). The van der Waals surface area contributed by atoms with Gasteiger partial charge in [0.15, 0.2) is 0 Å². The predicted octanol–water partition coefficient (Wildman–Crippen LogP) is 2.63. The van der Waals surface area contributed by atoms with E-state index in [1.54, 1.807) is 0 Å². The van der Waals surface area contributed by atoms with E-state index in [1.165, 1.54) is 19.2 Å². The summed E-state index contributed by atoms with van der Waals surface area (Å²) in [4.78, 5) is 4.18. The normalized spacial score (nSPS) is 15.4. The first-order chi connectivity index (χ1) is 7.18. The van der Waals surface area contributed by atoms with Gasteiger partial charge >= 0.3 is 0 Å². The first-order valence-corrected chi connectivity index (χ1v) is 5.90. The van der Waals surface area contributed by atoms with Crippen molar-refractivity contribution in [2.75, 3.05) is 0 Å². The van der Waals surface area contributed by atoms with Gasteiger partial charge in [0.2, 0.25) is 0 Å². The van der Waals surface area contributed by atoms with Crippen molar-refractivity contribution in [1.29, 1.82) is 0 Å². The van der Waals surface area contributed by atoms with Gasteiger partial charge in [0.1, 0.15) is 14.2 Å². The van der Waals surface area contributed by atoms with Crippen LogP contribution in [-0.4, -0.2) is 24.8 Å². The maximum absolute atomic E-state index is 8.47. The van der Waals surface area contributed by atoms with Gasteiger partial charge in [0.25, 0.3) is 0 Å². The van der Waals surface area contributed by atoms with E-state index < -0.39 is 5.44 Å². The van der Waals surface area contributed by atoms with Crippen molar-refractivity contribution in [2.45, 2.75) is 64.2 Å². The van der Waals surface area contributed by atoms with Crippen LogP contribution in [0.3, 0.4) is 0 Å². The number of aliphatic imine (C=N–C) groups is 1. The fraction of sp³-hybridized carbons (Fsp3) is 0.909. The summed E-state index contributed by atoms with van der Waals surface area (Å²) in [5.74, 6) is 0. The Kier molecular flexibility index (Phi) is 8.48. The van der Waals surface area contributed by atoms with E-state index in [0.29, 0.717) is 0 Å². The van der Waals surface area contributed by atoms with Gasteiger partial charge in [-0.1, -0.05) is 46.0 Å². The third-order valence-corrected chi connectivity index (χ3v) is 2.56. The summed E-state index contributed by atoms with van der Waals surface area (Å²) < 4.78 is 0. The molecule has 0 spiro atoms. The van der Waals surface area contributed by atoms with Crippen LogP contribution in [0.2, 0.25) is 0 Å². The highest BCUT2D eigenvalue weighted by Crippen LogP contribution is 2.22. The summed E-state index contributed by atoms with van der Waals surface area (Å²) in [5.41, 5.74) is 1.42. The van der Waals surface area contributed by atoms with Crippen molar-refractivity contribution in [3.05, 3.63) is 0 Å². The maximum atomic E-state index is 8.47. The van der Waals surface area contributed by atoms with Crippen molar-refractivity contribution < 1.29 is 5.21 Å². The highest BCUT2D eigenvalue weighted by Gasteiger charge is 2.20. The molecule has 2 radical (unpaired) electrons. The fourth-order valence-corrected chi connectivity index (χ4v) is 1.58. The smallest absolute Gasteiger partial charge is 0.107 e. The summed E-state index contributed by atoms with van der Waals surface area (Å²) in [6.45, 7) is 4.31. The van der Waals surface area contributed by atoms with E-state index in [1.807, 2.05) is 5.48 Å². The second-order valence-corrected chi connectivity index (χ2v) is 4.05. The van der Waals surface area contributed by atoms with Crippen molar-refractivity contribution in [2.24, 2.45) is 4.99 Å². The van der Waals surface area contributed by atoms with Crippen LogP contribution < -0.4 is 5.48 Å². The number of nitrogens with one attached hydrogen (secondary N) is 1. The molecule has 86 valence electrons. The lowest BCUT2D eigenvalue weighted by atomic mass is 9.71. The van der Waals surface area contributed by atoms with Gasteiger partial charge in [-0.3, -0.25) is 15.7 Å². The zero-order valence-electron chi connectivity index (χ0n) is 10.00. The highest BCUT2D eigenvalue weighted by atomic mass is 16.5. The molecule has 0 aromatic heterocycles. The zero-order chi connectivity index (χ0) is 11.6. The maximum Gasteiger partial charge on any atom is 0.107 e. The van der Waals surface area contributed by atoms with Crippen molar-refractivity contribution in [1.82, 2.24) is 5.48 Å². The Morgan fingerprint density at radius 3 is 2.33 bits per heavy atom. The van der Waals surface area contributed by atoms with Gasteiger partial charge in [-0.05, 0) is 12.8 Å². The van der Waals surface area contributed by atoms with Crippen LogP contribution in [0, 0.1) is 0 Å². The third kappa shape index (κ3) is 7.43. The van der Waals surface area contributed by atoms with E-state index in [9.17, 15) is 0 Å². The molecule has 0 bridgehead atoms. The largest absolute Gasteiger partial charge is 0.290 e. The summed E-state index contributed by atoms with van der Waals surface area (Å²) in [6, 6.07) is 0. The molecule has 0 aromatic carbocycles. The third-order valence-electron chi connectivity index (χ3n) is 2.56. The molecule has 1 atom stereocenters. The fourth-order valence-electron chi connectivity index (χ4n) is 1.58. The molecule has 0 saturated heterocycles. The minimum atomic E-state index is -0.499. The molecule has 0 aliphatic carbocycles. The SMILES string of the molecule is [B]C(CCCC)(CCCCC)N=CNO. The van der Waals surface area contributed by atoms with Gasteiger partial charge in [-0.25, -0.2) is 0 Å². The number of hydrogen-bond acceptors (Lipinski definition) is 2. The molecule has 0 aliphatic rings. The molecule has 15 heavy (non-hydrogen) atoms. The number of unbranched alkanes of at least 4 members (excludes halogenated alkanes) is 3. The molecule has 0 fully saturated rings. The summed E-state index contributed by atoms with van der Waals surface area (Å²) in [6.07, 6.45) is 8.71. The van der Waals surface area contributed by atoms with E-state index in [4.69, 9.17) is 13.1 Å². The van der Waals surface area contributed by atoms with Crippen LogP contribution in [0.25, 0.3) is 0 Å². The molecular formula is C11H23BN2O. The van der Waals surface area contributed by atoms with Gasteiger partial charge in [0.05, 0.1) is 0 Å². The van der Waals surface area contributed by atoms with Crippen LogP contribution in [-0.2, 0) is 0 Å². The predicted molar refractivity (Wildman–Crippen MR) is 65.6 cm³/mol. The Labute approximate surface area is 94.7 Å². The lowest BCUT2D eigenvalue weighted by molar-refractivity contribution is 0.238. The van der Waals surface area contributed by atoms with E-state index in [-0.39, 0.29) is 0 Å². The van der Waals surface area contributed by atoms with Crippen molar-refractivity contribution in [3.8, 4) is 0 Å². The lowest BCUT2D eigenvalue weighted by Crippen LogP contribution is -2.28. The van der Waals surface area contributed by atoms with Crippen molar-refractivity contribution in [3.63, 3.8) is 0 Å². The second kappa shape index (κ2) is 8.78.